The van der Waals surface area contributed by atoms with Crippen molar-refractivity contribution in [1.82, 2.24) is 4.90 Å². The molecular weight excluding hydrogens is 232 g/mol. The van der Waals surface area contributed by atoms with Gasteiger partial charge in [0.15, 0.2) is 0 Å². The molecule has 94 valence electrons. The second kappa shape index (κ2) is 5.60. The fraction of sp³-hybridized carbons (Fsp3) is 0.889. The van der Waals surface area contributed by atoms with E-state index in [-0.39, 0.29) is 17.6 Å². The number of hydrogen-bond acceptors (Lipinski definition) is 5. The number of ether oxygens (including phenoxy) is 1. The van der Waals surface area contributed by atoms with Crippen molar-refractivity contribution in [2.24, 2.45) is 11.1 Å². The fourth-order valence-corrected chi connectivity index (χ4v) is 2.33. The molecule has 1 heterocycles. The SMILES string of the molecule is COC(=O)C1CCN(CCS(N)(=O)=O)CC1. The lowest BCUT2D eigenvalue weighted by Gasteiger charge is -2.30. The molecule has 7 heteroatoms. The molecule has 1 fully saturated rings. The molecular formula is C9H18N2O4S. The Kier molecular flexibility index (Phi) is 4.69. The molecule has 0 unspecified atom stereocenters. The van der Waals surface area contributed by atoms with Crippen LogP contribution in [0.1, 0.15) is 12.8 Å². The standard InChI is InChI=1S/C9H18N2O4S/c1-15-9(12)8-2-4-11(5-3-8)6-7-16(10,13)14/h8H,2-7H2,1H3,(H2,10,13,14). The number of hydrogen-bond donors (Lipinski definition) is 1. The van der Waals surface area contributed by atoms with E-state index in [0.29, 0.717) is 6.54 Å². The van der Waals surface area contributed by atoms with Crippen LogP contribution in [-0.4, -0.2) is 51.8 Å². The largest absolute Gasteiger partial charge is 0.469 e. The first-order chi connectivity index (χ1) is 7.42. The highest BCUT2D eigenvalue weighted by Gasteiger charge is 2.25. The van der Waals surface area contributed by atoms with Crippen LogP contribution in [-0.2, 0) is 19.6 Å². The van der Waals surface area contributed by atoms with Gasteiger partial charge in [0, 0.05) is 6.54 Å². The molecule has 1 saturated heterocycles. The van der Waals surface area contributed by atoms with Gasteiger partial charge in [0.05, 0.1) is 18.8 Å². The summed E-state index contributed by atoms with van der Waals surface area (Å²) < 4.78 is 26.2. The van der Waals surface area contributed by atoms with Crippen LogP contribution in [0.2, 0.25) is 0 Å². The first kappa shape index (κ1) is 13.4. The Morgan fingerprint density at radius 1 is 1.44 bits per heavy atom. The van der Waals surface area contributed by atoms with E-state index < -0.39 is 10.0 Å². The molecule has 0 atom stereocenters. The molecule has 16 heavy (non-hydrogen) atoms. The van der Waals surface area contributed by atoms with Crippen molar-refractivity contribution in [1.29, 1.82) is 0 Å². The van der Waals surface area contributed by atoms with E-state index in [1.165, 1.54) is 7.11 Å². The first-order valence-electron chi connectivity index (χ1n) is 5.23. The molecule has 2 N–H and O–H groups in total. The number of carbonyl (C=O) groups excluding carboxylic acids is 1. The number of likely N-dealkylation sites (tertiary alicyclic amines) is 1. The number of primary sulfonamides is 1. The van der Waals surface area contributed by atoms with Crippen molar-refractivity contribution in [2.45, 2.75) is 12.8 Å². The minimum absolute atomic E-state index is 0.0319. The van der Waals surface area contributed by atoms with Gasteiger partial charge in [-0.2, -0.15) is 0 Å². The first-order valence-corrected chi connectivity index (χ1v) is 6.94. The van der Waals surface area contributed by atoms with Gasteiger partial charge in [-0.3, -0.25) is 4.79 Å². The average molecular weight is 250 g/mol. The van der Waals surface area contributed by atoms with E-state index in [9.17, 15) is 13.2 Å². The highest BCUT2D eigenvalue weighted by atomic mass is 32.2. The third-order valence-corrected chi connectivity index (χ3v) is 3.57. The lowest BCUT2D eigenvalue weighted by Crippen LogP contribution is -2.39. The predicted octanol–water partition coefficient (Wildman–Crippen LogP) is -0.840. The summed E-state index contributed by atoms with van der Waals surface area (Å²) in [6.45, 7) is 1.87. The Hall–Kier alpha value is -0.660. The van der Waals surface area contributed by atoms with Crippen molar-refractivity contribution >= 4 is 16.0 Å². The average Bonchev–Trinajstić information content (AvgIpc) is 2.25. The van der Waals surface area contributed by atoms with Crippen molar-refractivity contribution in [3.63, 3.8) is 0 Å². The van der Waals surface area contributed by atoms with E-state index in [0.717, 1.165) is 25.9 Å². The van der Waals surface area contributed by atoms with Crippen molar-refractivity contribution < 1.29 is 17.9 Å². The van der Waals surface area contributed by atoms with Gasteiger partial charge in [0.1, 0.15) is 0 Å². The number of esters is 1. The zero-order valence-corrected chi connectivity index (χ0v) is 10.2. The van der Waals surface area contributed by atoms with Gasteiger partial charge in [0.2, 0.25) is 10.0 Å². The molecule has 1 rings (SSSR count). The summed E-state index contributed by atoms with van der Waals surface area (Å²) in [4.78, 5) is 13.2. The van der Waals surface area contributed by atoms with Gasteiger partial charge >= 0.3 is 5.97 Å². The van der Waals surface area contributed by atoms with Crippen LogP contribution in [0.4, 0.5) is 0 Å². The summed E-state index contributed by atoms with van der Waals surface area (Å²) in [5, 5.41) is 4.92. The highest BCUT2D eigenvalue weighted by molar-refractivity contribution is 7.89. The maximum atomic E-state index is 11.2. The zero-order chi connectivity index (χ0) is 12.2. The Balaban J connectivity index is 2.30. The highest BCUT2D eigenvalue weighted by Crippen LogP contribution is 2.17. The molecule has 0 aromatic carbocycles. The quantitative estimate of drug-likeness (QED) is 0.657. The normalized spacial score (nSPS) is 19.6. The summed E-state index contributed by atoms with van der Waals surface area (Å²) in [5.41, 5.74) is 0. The number of nitrogens with zero attached hydrogens (tertiary/aromatic N) is 1. The molecule has 0 aromatic rings. The maximum absolute atomic E-state index is 11.2. The monoisotopic (exact) mass is 250 g/mol. The van der Waals surface area contributed by atoms with Crippen molar-refractivity contribution in [2.75, 3.05) is 32.5 Å². The fourth-order valence-electron chi connectivity index (χ4n) is 1.82. The Morgan fingerprint density at radius 3 is 2.44 bits per heavy atom. The second-order valence-electron chi connectivity index (χ2n) is 4.01. The molecule has 1 aliphatic heterocycles. The molecule has 0 bridgehead atoms. The number of carbonyl (C=O) groups is 1. The van der Waals surface area contributed by atoms with Crippen LogP contribution in [0.15, 0.2) is 0 Å². The Bertz CT molecular complexity index is 333. The smallest absolute Gasteiger partial charge is 0.308 e. The molecule has 0 radical (unpaired) electrons. The summed E-state index contributed by atoms with van der Waals surface area (Å²) >= 11 is 0. The molecule has 0 spiro atoms. The predicted molar refractivity (Wildman–Crippen MR) is 59.2 cm³/mol. The molecule has 1 aliphatic rings. The van der Waals surface area contributed by atoms with E-state index >= 15 is 0 Å². The molecule has 0 aromatic heterocycles. The molecule has 6 nitrogen and oxygen atoms in total. The topological polar surface area (TPSA) is 89.7 Å². The lowest BCUT2D eigenvalue weighted by atomic mass is 9.97. The minimum Gasteiger partial charge on any atom is -0.469 e. The zero-order valence-electron chi connectivity index (χ0n) is 9.39. The number of methoxy groups -OCH3 is 1. The number of piperidine rings is 1. The lowest BCUT2D eigenvalue weighted by molar-refractivity contribution is -0.147. The second-order valence-corrected chi connectivity index (χ2v) is 5.74. The third kappa shape index (κ3) is 4.46. The number of sulfonamides is 1. The van der Waals surface area contributed by atoms with Crippen LogP contribution < -0.4 is 5.14 Å². The molecule has 0 amide bonds. The molecule has 0 saturated carbocycles. The van der Waals surface area contributed by atoms with Gasteiger partial charge in [-0.15, -0.1) is 0 Å². The van der Waals surface area contributed by atoms with Crippen molar-refractivity contribution in [3.8, 4) is 0 Å². The Labute approximate surface area is 95.8 Å². The Morgan fingerprint density at radius 2 is 2.00 bits per heavy atom. The van der Waals surface area contributed by atoms with Crippen LogP contribution in [0.5, 0.6) is 0 Å². The van der Waals surface area contributed by atoms with Gasteiger partial charge in [-0.1, -0.05) is 0 Å². The van der Waals surface area contributed by atoms with Crippen molar-refractivity contribution in [3.05, 3.63) is 0 Å². The van der Waals surface area contributed by atoms with Crippen LogP contribution >= 0.6 is 0 Å². The summed E-state index contributed by atoms with van der Waals surface area (Å²) in [6.07, 6.45) is 1.44. The van der Waals surface area contributed by atoms with Gasteiger partial charge in [0.25, 0.3) is 0 Å². The van der Waals surface area contributed by atoms with E-state index in [4.69, 9.17) is 5.14 Å². The van der Waals surface area contributed by atoms with E-state index in [1.54, 1.807) is 0 Å². The number of rotatable bonds is 4. The van der Waals surface area contributed by atoms with Crippen LogP contribution in [0.25, 0.3) is 0 Å². The maximum Gasteiger partial charge on any atom is 0.308 e. The summed E-state index contributed by atoms with van der Waals surface area (Å²) in [6, 6.07) is 0. The summed E-state index contributed by atoms with van der Waals surface area (Å²) in [7, 11) is -2.01. The van der Waals surface area contributed by atoms with E-state index in [2.05, 4.69) is 4.74 Å². The van der Waals surface area contributed by atoms with E-state index in [1.807, 2.05) is 4.90 Å². The van der Waals surface area contributed by atoms with Crippen LogP contribution in [0, 0.1) is 5.92 Å². The van der Waals surface area contributed by atoms with Gasteiger partial charge in [-0.25, -0.2) is 13.6 Å². The summed E-state index contributed by atoms with van der Waals surface area (Å²) in [5.74, 6) is -0.252. The third-order valence-electron chi connectivity index (χ3n) is 2.81. The number of nitrogens with two attached hydrogens (primary N) is 1. The minimum atomic E-state index is -3.39. The molecule has 0 aliphatic carbocycles. The van der Waals surface area contributed by atoms with Crippen LogP contribution in [0.3, 0.4) is 0 Å². The van der Waals surface area contributed by atoms with Gasteiger partial charge in [-0.05, 0) is 25.9 Å². The van der Waals surface area contributed by atoms with Gasteiger partial charge < -0.3 is 9.64 Å².